The number of para-hydroxylation sites is 1. The van der Waals surface area contributed by atoms with Gasteiger partial charge < -0.3 is 14.4 Å². The molecule has 0 spiro atoms. The quantitative estimate of drug-likeness (QED) is 0.580. The summed E-state index contributed by atoms with van der Waals surface area (Å²) in [5.74, 6) is 0.537. The molecule has 0 unspecified atom stereocenters. The van der Waals surface area contributed by atoms with Gasteiger partial charge in [-0.1, -0.05) is 37.3 Å². The van der Waals surface area contributed by atoms with Crippen LogP contribution in [0.4, 0.5) is 5.69 Å². The van der Waals surface area contributed by atoms with E-state index in [9.17, 15) is 9.59 Å². The fourth-order valence-corrected chi connectivity index (χ4v) is 4.51. The Hall–Kier alpha value is -3.10. The molecule has 4 rings (SSSR count). The van der Waals surface area contributed by atoms with E-state index in [4.69, 9.17) is 9.47 Å². The Bertz CT molecular complexity index is 1030. The van der Waals surface area contributed by atoms with E-state index < -0.39 is 0 Å². The van der Waals surface area contributed by atoms with Crippen LogP contribution in [0, 0.1) is 0 Å². The number of amidine groups is 1. The van der Waals surface area contributed by atoms with E-state index >= 15 is 0 Å². The molecule has 2 saturated heterocycles. The molecular weight excluding hydrogens is 438 g/mol. The number of ether oxygens (including phenoxy) is 2. The molecule has 2 aromatic carbocycles. The number of rotatable bonds is 7. The first-order valence-corrected chi connectivity index (χ1v) is 11.9. The Morgan fingerprint density at radius 3 is 2.55 bits per heavy atom. The second-order valence-electron chi connectivity index (χ2n) is 7.65. The Kier molecular flexibility index (Phi) is 7.80. The largest absolute Gasteiger partial charge is 0.484 e. The number of thioether (sulfide) groups is 1. The maximum Gasteiger partial charge on any atom is 0.266 e. The predicted molar refractivity (Wildman–Crippen MR) is 130 cm³/mol. The van der Waals surface area contributed by atoms with Crippen molar-refractivity contribution >= 4 is 40.5 Å². The number of hydrogen-bond acceptors (Lipinski definition) is 6. The third-order valence-electron chi connectivity index (χ3n) is 5.22. The fourth-order valence-electron chi connectivity index (χ4n) is 3.49. The maximum atomic E-state index is 13.0. The van der Waals surface area contributed by atoms with Gasteiger partial charge in [0.15, 0.2) is 11.8 Å². The zero-order valence-electron chi connectivity index (χ0n) is 18.6. The predicted octanol–water partition coefficient (Wildman–Crippen LogP) is 3.94. The third kappa shape index (κ3) is 6.03. The first-order chi connectivity index (χ1) is 16.1. The zero-order chi connectivity index (χ0) is 23.0. The maximum absolute atomic E-state index is 13.0. The Balaban J connectivity index is 1.42. The molecule has 0 saturated carbocycles. The van der Waals surface area contributed by atoms with E-state index in [1.807, 2.05) is 67.6 Å². The molecule has 33 heavy (non-hydrogen) atoms. The van der Waals surface area contributed by atoms with Crippen LogP contribution >= 0.6 is 11.8 Å². The van der Waals surface area contributed by atoms with E-state index in [1.165, 1.54) is 11.8 Å². The highest BCUT2D eigenvalue weighted by Gasteiger charge is 2.32. The van der Waals surface area contributed by atoms with Gasteiger partial charge in [0.2, 0.25) is 0 Å². The van der Waals surface area contributed by atoms with Crippen molar-refractivity contribution in [3.05, 3.63) is 65.1 Å². The van der Waals surface area contributed by atoms with Crippen LogP contribution in [0.5, 0.6) is 5.75 Å². The summed E-state index contributed by atoms with van der Waals surface area (Å²) in [5, 5.41) is 0.695. The standard InChI is InChI=1S/C25H27N3O4S/c1-2-12-28-24(30)22(33-25(28)26-20-6-4-3-5-7-20)17-19-8-10-21(11-9-19)32-18-23(29)27-13-15-31-16-14-27/h3-11,17H,2,12-16,18H2,1H3/b22-17-,26-25?. The van der Waals surface area contributed by atoms with Crippen LogP contribution in [0.2, 0.25) is 0 Å². The average Bonchev–Trinajstić information content (AvgIpc) is 3.13. The minimum absolute atomic E-state index is 0.0000611. The van der Waals surface area contributed by atoms with Gasteiger partial charge in [-0.05, 0) is 54.1 Å². The summed E-state index contributed by atoms with van der Waals surface area (Å²) >= 11 is 1.39. The smallest absolute Gasteiger partial charge is 0.266 e. The monoisotopic (exact) mass is 465 g/mol. The highest BCUT2D eigenvalue weighted by Crippen LogP contribution is 2.34. The van der Waals surface area contributed by atoms with E-state index in [0.29, 0.717) is 48.7 Å². The number of aliphatic imine (C=N–C) groups is 1. The Morgan fingerprint density at radius 2 is 1.85 bits per heavy atom. The first kappa shape index (κ1) is 23.1. The van der Waals surface area contributed by atoms with Crippen LogP contribution in [-0.4, -0.2) is 66.2 Å². The molecule has 0 atom stereocenters. The molecule has 0 N–H and O–H groups in total. The molecule has 2 aliphatic rings. The molecule has 2 amide bonds. The summed E-state index contributed by atoms with van der Waals surface area (Å²) < 4.78 is 10.9. The number of hydrogen-bond donors (Lipinski definition) is 0. The van der Waals surface area contributed by atoms with Gasteiger partial charge in [0.1, 0.15) is 5.75 Å². The van der Waals surface area contributed by atoms with Crippen LogP contribution < -0.4 is 4.74 Å². The molecule has 2 heterocycles. The topological polar surface area (TPSA) is 71.4 Å². The Morgan fingerprint density at radius 1 is 1.12 bits per heavy atom. The van der Waals surface area contributed by atoms with Crippen molar-refractivity contribution < 1.29 is 19.1 Å². The van der Waals surface area contributed by atoms with Gasteiger partial charge >= 0.3 is 0 Å². The molecule has 0 aromatic heterocycles. The third-order valence-corrected chi connectivity index (χ3v) is 6.23. The molecule has 8 heteroatoms. The molecule has 0 radical (unpaired) electrons. The number of carbonyl (C=O) groups excluding carboxylic acids is 2. The lowest BCUT2D eigenvalue weighted by Crippen LogP contribution is -2.42. The van der Waals surface area contributed by atoms with Crippen LogP contribution in [0.25, 0.3) is 6.08 Å². The summed E-state index contributed by atoms with van der Waals surface area (Å²) in [5.41, 5.74) is 1.71. The minimum atomic E-state index is -0.0429. The van der Waals surface area contributed by atoms with Crippen molar-refractivity contribution in [2.24, 2.45) is 4.99 Å². The number of nitrogens with zero attached hydrogens (tertiary/aromatic N) is 3. The molecule has 2 aliphatic heterocycles. The van der Waals surface area contributed by atoms with Crippen molar-refractivity contribution in [3.8, 4) is 5.75 Å². The zero-order valence-corrected chi connectivity index (χ0v) is 19.4. The number of benzene rings is 2. The van der Waals surface area contributed by atoms with Crippen molar-refractivity contribution in [1.29, 1.82) is 0 Å². The average molecular weight is 466 g/mol. The minimum Gasteiger partial charge on any atom is -0.484 e. The fraction of sp³-hybridized carbons (Fsp3) is 0.320. The summed E-state index contributed by atoms with van der Waals surface area (Å²) in [4.78, 5) is 34.0. The summed E-state index contributed by atoms with van der Waals surface area (Å²) in [6.45, 7) is 5.01. The normalized spacial score (nSPS) is 18.9. The van der Waals surface area contributed by atoms with E-state index in [-0.39, 0.29) is 18.4 Å². The number of amides is 2. The van der Waals surface area contributed by atoms with Gasteiger partial charge in [0.05, 0.1) is 23.8 Å². The van der Waals surface area contributed by atoms with Crippen molar-refractivity contribution in [2.45, 2.75) is 13.3 Å². The second-order valence-corrected chi connectivity index (χ2v) is 8.66. The van der Waals surface area contributed by atoms with Gasteiger partial charge in [0, 0.05) is 19.6 Å². The molecule has 0 aliphatic carbocycles. The summed E-state index contributed by atoms with van der Waals surface area (Å²) in [6, 6.07) is 17.0. The molecular formula is C25H27N3O4S. The van der Waals surface area contributed by atoms with Gasteiger partial charge in [-0.2, -0.15) is 0 Å². The second kappa shape index (κ2) is 11.2. The highest BCUT2D eigenvalue weighted by molar-refractivity contribution is 8.18. The molecule has 172 valence electrons. The number of carbonyl (C=O) groups is 2. The van der Waals surface area contributed by atoms with Gasteiger partial charge in [0.25, 0.3) is 11.8 Å². The SMILES string of the molecule is CCCN1C(=O)/C(=C/c2ccc(OCC(=O)N3CCOCC3)cc2)SC1=Nc1ccccc1. The van der Waals surface area contributed by atoms with Gasteiger partial charge in [-0.3, -0.25) is 14.5 Å². The van der Waals surface area contributed by atoms with Crippen molar-refractivity contribution in [2.75, 3.05) is 39.5 Å². The lowest BCUT2D eigenvalue weighted by atomic mass is 10.2. The molecule has 7 nitrogen and oxygen atoms in total. The van der Waals surface area contributed by atoms with E-state index in [0.717, 1.165) is 17.7 Å². The van der Waals surface area contributed by atoms with Crippen molar-refractivity contribution in [3.63, 3.8) is 0 Å². The summed E-state index contributed by atoms with van der Waals surface area (Å²) in [7, 11) is 0. The lowest BCUT2D eigenvalue weighted by Gasteiger charge is -2.26. The Labute approximate surface area is 198 Å². The first-order valence-electron chi connectivity index (χ1n) is 11.1. The van der Waals surface area contributed by atoms with Crippen LogP contribution in [0.3, 0.4) is 0 Å². The number of morpholine rings is 1. The van der Waals surface area contributed by atoms with E-state index in [2.05, 4.69) is 4.99 Å². The van der Waals surface area contributed by atoms with Gasteiger partial charge in [-0.25, -0.2) is 4.99 Å². The van der Waals surface area contributed by atoms with Gasteiger partial charge in [-0.15, -0.1) is 0 Å². The van der Waals surface area contributed by atoms with Crippen LogP contribution in [-0.2, 0) is 14.3 Å². The molecule has 0 bridgehead atoms. The summed E-state index contributed by atoms with van der Waals surface area (Å²) in [6.07, 6.45) is 2.72. The van der Waals surface area contributed by atoms with Crippen molar-refractivity contribution in [1.82, 2.24) is 9.80 Å². The van der Waals surface area contributed by atoms with E-state index in [1.54, 1.807) is 9.80 Å². The molecule has 2 fully saturated rings. The van der Waals surface area contributed by atoms with Crippen LogP contribution in [0.15, 0.2) is 64.5 Å². The van der Waals surface area contributed by atoms with Crippen LogP contribution in [0.1, 0.15) is 18.9 Å². The highest BCUT2D eigenvalue weighted by atomic mass is 32.2. The lowest BCUT2D eigenvalue weighted by molar-refractivity contribution is -0.137. The molecule has 2 aromatic rings.